The minimum Gasteiger partial charge on any atom is -0.373 e. The number of primary amides is 1. The van der Waals surface area contributed by atoms with Crippen LogP contribution < -0.4 is 5.73 Å². The number of nitrogens with two attached hydrogens (primary N) is 1. The van der Waals surface area contributed by atoms with Crippen molar-refractivity contribution in [1.29, 1.82) is 0 Å². The van der Waals surface area contributed by atoms with Crippen molar-refractivity contribution in [2.75, 3.05) is 19.8 Å². The first-order valence-corrected chi connectivity index (χ1v) is 3.92. The third-order valence-corrected chi connectivity index (χ3v) is 1.01. The van der Waals surface area contributed by atoms with Crippen molar-refractivity contribution in [3.05, 3.63) is 0 Å². The Bertz CT molecular complexity index is 140. The van der Waals surface area contributed by atoms with Gasteiger partial charge < -0.3 is 15.2 Å². The van der Waals surface area contributed by atoms with Crippen molar-refractivity contribution < 1.29 is 14.3 Å². The largest absolute Gasteiger partial charge is 0.373 e. The molecule has 4 heteroatoms. The van der Waals surface area contributed by atoms with Gasteiger partial charge >= 0.3 is 0 Å². The maximum atomic E-state index is 10.2. The maximum Gasteiger partial charge on any atom is 0.243 e. The van der Waals surface area contributed by atoms with Gasteiger partial charge in [0.1, 0.15) is 6.61 Å². The Morgan fingerprint density at radius 3 is 2.33 bits per heavy atom. The monoisotopic (exact) mass is 175 g/mol. The van der Waals surface area contributed by atoms with Gasteiger partial charge in [0.05, 0.1) is 18.8 Å². The van der Waals surface area contributed by atoms with Crippen LogP contribution in [0.3, 0.4) is 0 Å². The molecule has 0 unspecified atom stereocenters. The number of hydrogen-bond acceptors (Lipinski definition) is 3. The lowest BCUT2D eigenvalue weighted by Gasteiger charge is -2.19. The zero-order chi connectivity index (χ0) is 9.61. The van der Waals surface area contributed by atoms with E-state index in [2.05, 4.69) is 0 Å². The Hall–Kier alpha value is -0.610. The van der Waals surface area contributed by atoms with Crippen LogP contribution in [0.4, 0.5) is 0 Å². The van der Waals surface area contributed by atoms with Gasteiger partial charge in [-0.3, -0.25) is 4.79 Å². The van der Waals surface area contributed by atoms with Gasteiger partial charge in [-0.2, -0.15) is 0 Å². The van der Waals surface area contributed by atoms with Crippen molar-refractivity contribution in [3.8, 4) is 0 Å². The molecule has 0 rings (SSSR count). The highest BCUT2D eigenvalue weighted by molar-refractivity contribution is 5.74. The first-order valence-electron chi connectivity index (χ1n) is 3.92. The predicted octanol–water partition coefficient (Wildman–Crippen LogP) is 0.303. The summed E-state index contributed by atoms with van der Waals surface area (Å²) in [5.74, 6) is -0.453. The van der Waals surface area contributed by atoms with Gasteiger partial charge in [-0.05, 0) is 20.8 Å². The highest BCUT2D eigenvalue weighted by Crippen LogP contribution is 2.05. The average molecular weight is 175 g/mol. The van der Waals surface area contributed by atoms with Gasteiger partial charge in [-0.25, -0.2) is 0 Å². The fourth-order valence-corrected chi connectivity index (χ4v) is 0.580. The van der Waals surface area contributed by atoms with E-state index in [1.165, 1.54) is 0 Å². The predicted molar refractivity (Wildman–Crippen MR) is 45.7 cm³/mol. The third kappa shape index (κ3) is 9.39. The Balaban J connectivity index is 3.17. The van der Waals surface area contributed by atoms with E-state index in [0.717, 1.165) is 0 Å². The van der Waals surface area contributed by atoms with Crippen LogP contribution in [0.15, 0.2) is 0 Å². The average Bonchev–Trinajstić information content (AvgIpc) is 1.83. The first kappa shape index (κ1) is 11.4. The number of hydrogen-bond donors (Lipinski definition) is 1. The fraction of sp³-hybridized carbons (Fsp3) is 0.875. The smallest absolute Gasteiger partial charge is 0.243 e. The Morgan fingerprint density at radius 2 is 1.92 bits per heavy atom. The van der Waals surface area contributed by atoms with Gasteiger partial charge in [0.15, 0.2) is 0 Å². The van der Waals surface area contributed by atoms with Crippen LogP contribution >= 0.6 is 0 Å². The zero-order valence-electron chi connectivity index (χ0n) is 7.92. The van der Waals surface area contributed by atoms with E-state index >= 15 is 0 Å². The summed E-state index contributed by atoms with van der Waals surface area (Å²) in [7, 11) is 0. The van der Waals surface area contributed by atoms with E-state index < -0.39 is 5.91 Å². The Morgan fingerprint density at radius 1 is 1.33 bits per heavy atom. The van der Waals surface area contributed by atoms with Crippen LogP contribution in [0, 0.1) is 0 Å². The standard InChI is InChI=1S/C8H17NO3/c1-8(2,3)12-5-4-11-6-7(9)10/h4-6H2,1-3H3,(H2,9,10). The molecule has 0 radical (unpaired) electrons. The molecule has 12 heavy (non-hydrogen) atoms. The van der Waals surface area contributed by atoms with Crippen molar-refractivity contribution in [2.45, 2.75) is 26.4 Å². The van der Waals surface area contributed by atoms with E-state index in [1.807, 2.05) is 20.8 Å². The molecule has 0 saturated heterocycles. The molecule has 0 aliphatic carbocycles. The quantitative estimate of drug-likeness (QED) is 0.611. The topological polar surface area (TPSA) is 61.6 Å². The number of carbonyl (C=O) groups excluding carboxylic acids is 1. The Labute approximate surface area is 73.0 Å². The molecular formula is C8H17NO3. The molecule has 0 spiro atoms. The molecule has 0 fully saturated rings. The molecule has 72 valence electrons. The SMILES string of the molecule is CC(C)(C)OCCOCC(N)=O. The van der Waals surface area contributed by atoms with Crippen molar-refractivity contribution in [3.63, 3.8) is 0 Å². The van der Waals surface area contributed by atoms with Crippen molar-refractivity contribution in [2.24, 2.45) is 5.73 Å². The molecule has 0 aliphatic rings. The summed E-state index contributed by atoms with van der Waals surface area (Å²) in [6.45, 7) is 6.73. The van der Waals surface area contributed by atoms with Gasteiger partial charge in [-0.15, -0.1) is 0 Å². The van der Waals surface area contributed by atoms with E-state index in [1.54, 1.807) is 0 Å². The minimum atomic E-state index is -0.453. The third-order valence-electron chi connectivity index (χ3n) is 1.01. The maximum absolute atomic E-state index is 10.2. The number of rotatable bonds is 5. The summed E-state index contributed by atoms with van der Waals surface area (Å²) in [4.78, 5) is 10.2. The van der Waals surface area contributed by atoms with E-state index in [9.17, 15) is 4.79 Å². The molecule has 0 aromatic rings. The lowest BCUT2D eigenvalue weighted by Crippen LogP contribution is -2.24. The summed E-state index contributed by atoms with van der Waals surface area (Å²) in [5.41, 5.74) is 4.70. The minimum absolute atomic E-state index is 0.0342. The highest BCUT2D eigenvalue weighted by atomic mass is 16.5. The molecule has 0 aromatic carbocycles. The van der Waals surface area contributed by atoms with Gasteiger partial charge in [-0.1, -0.05) is 0 Å². The molecule has 0 heterocycles. The summed E-state index contributed by atoms with van der Waals surface area (Å²) >= 11 is 0. The van der Waals surface area contributed by atoms with Gasteiger partial charge in [0, 0.05) is 0 Å². The van der Waals surface area contributed by atoms with Crippen LogP contribution in [0.5, 0.6) is 0 Å². The van der Waals surface area contributed by atoms with Gasteiger partial charge in [0.25, 0.3) is 0 Å². The van der Waals surface area contributed by atoms with E-state index in [-0.39, 0.29) is 12.2 Å². The Kier molecular flexibility index (Phi) is 4.85. The molecule has 1 amide bonds. The molecular weight excluding hydrogens is 158 g/mol. The van der Waals surface area contributed by atoms with Crippen LogP contribution in [-0.4, -0.2) is 31.3 Å². The number of amides is 1. The van der Waals surface area contributed by atoms with E-state index in [0.29, 0.717) is 13.2 Å². The molecule has 0 aliphatic heterocycles. The summed E-state index contributed by atoms with van der Waals surface area (Å²) in [5, 5.41) is 0. The molecule has 0 aromatic heterocycles. The summed E-state index contributed by atoms with van der Waals surface area (Å²) in [6, 6.07) is 0. The van der Waals surface area contributed by atoms with Crippen LogP contribution in [0.1, 0.15) is 20.8 Å². The molecule has 2 N–H and O–H groups in total. The second-order valence-electron chi connectivity index (χ2n) is 3.48. The molecule has 4 nitrogen and oxygen atoms in total. The first-order chi connectivity index (χ1) is 5.42. The normalized spacial score (nSPS) is 11.6. The summed E-state index contributed by atoms with van der Waals surface area (Å²) in [6.07, 6.45) is 0. The summed E-state index contributed by atoms with van der Waals surface area (Å²) < 4.78 is 10.2. The fourth-order valence-electron chi connectivity index (χ4n) is 0.580. The number of ether oxygens (including phenoxy) is 2. The number of carbonyl (C=O) groups is 1. The lowest BCUT2D eigenvalue weighted by molar-refractivity contribution is -0.123. The molecule has 0 saturated carbocycles. The lowest BCUT2D eigenvalue weighted by atomic mass is 10.2. The van der Waals surface area contributed by atoms with Crippen molar-refractivity contribution in [1.82, 2.24) is 0 Å². The molecule has 0 bridgehead atoms. The zero-order valence-corrected chi connectivity index (χ0v) is 7.92. The second kappa shape index (κ2) is 5.11. The van der Waals surface area contributed by atoms with E-state index in [4.69, 9.17) is 15.2 Å². The van der Waals surface area contributed by atoms with Crippen molar-refractivity contribution >= 4 is 5.91 Å². The second-order valence-corrected chi connectivity index (χ2v) is 3.48. The van der Waals surface area contributed by atoms with Gasteiger partial charge in [0.2, 0.25) is 5.91 Å². The van der Waals surface area contributed by atoms with Crippen LogP contribution in [-0.2, 0) is 14.3 Å². The molecule has 0 atom stereocenters. The highest BCUT2D eigenvalue weighted by Gasteiger charge is 2.08. The van der Waals surface area contributed by atoms with Crippen LogP contribution in [0.2, 0.25) is 0 Å². The van der Waals surface area contributed by atoms with Crippen LogP contribution in [0.25, 0.3) is 0 Å².